The molecule has 0 aliphatic rings. The highest BCUT2D eigenvalue weighted by molar-refractivity contribution is 7.88. The van der Waals surface area contributed by atoms with Crippen LogP contribution < -0.4 is 9.50 Å². The molecule has 25 heavy (non-hydrogen) atoms. The van der Waals surface area contributed by atoms with E-state index < -0.39 is 56.0 Å². The van der Waals surface area contributed by atoms with E-state index in [2.05, 4.69) is 4.18 Å². The number of alkyl halides is 3. The lowest BCUT2D eigenvalue weighted by Gasteiger charge is -2.20. The maximum atomic E-state index is 13.9. The molecule has 1 N–H and O–H groups in total. The Kier molecular flexibility index (Phi) is 5.57. The van der Waals surface area contributed by atoms with Crippen LogP contribution in [0.25, 0.3) is 0 Å². The first-order chi connectivity index (χ1) is 11.0. The first-order valence-electron chi connectivity index (χ1n) is 6.54. The fourth-order valence-corrected chi connectivity index (χ4v) is 2.02. The summed E-state index contributed by atoms with van der Waals surface area (Å²) in [4.78, 5) is 11.5. The minimum absolute atomic E-state index is 0.502. The van der Waals surface area contributed by atoms with Crippen molar-refractivity contribution in [2.75, 3.05) is 5.32 Å². The zero-order valence-corrected chi connectivity index (χ0v) is 14.2. The highest BCUT2D eigenvalue weighted by Crippen LogP contribution is 2.34. The maximum absolute atomic E-state index is 13.9. The number of hydrogen-bond donors (Lipinski definition) is 1. The smallest absolute Gasteiger partial charge is 0.444 e. The Morgan fingerprint density at radius 2 is 1.64 bits per heavy atom. The average molecular weight is 391 g/mol. The van der Waals surface area contributed by atoms with E-state index in [-0.39, 0.29) is 0 Å². The number of carbonyl (C=O) groups is 1. The molecule has 0 atom stereocenters. The van der Waals surface area contributed by atoms with Crippen molar-refractivity contribution in [2.24, 2.45) is 0 Å². The predicted molar refractivity (Wildman–Crippen MR) is 76.6 cm³/mol. The van der Waals surface area contributed by atoms with E-state index in [1.165, 1.54) is 20.8 Å². The fourth-order valence-electron chi connectivity index (χ4n) is 1.50. The molecule has 0 aliphatic carbocycles. The molecule has 12 heteroatoms. The summed E-state index contributed by atoms with van der Waals surface area (Å²) >= 11 is 0. The largest absolute Gasteiger partial charge is 0.534 e. The van der Waals surface area contributed by atoms with Gasteiger partial charge in [0.05, 0.1) is 5.69 Å². The molecule has 0 aromatic heterocycles. The van der Waals surface area contributed by atoms with Crippen LogP contribution in [0, 0.1) is 18.6 Å². The van der Waals surface area contributed by atoms with Crippen LogP contribution in [-0.4, -0.2) is 25.6 Å². The van der Waals surface area contributed by atoms with Gasteiger partial charge in [-0.3, -0.25) is 5.32 Å². The summed E-state index contributed by atoms with van der Waals surface area (Å²) in [6.07, 6.45) is -1.15. The third kappa shape index (κ3) is 5.18. The number of ether oxygens (including phenoxy) is 1. The normalized spacial score (nSPS) is 12.7. The Labute approximate surface area is 140 Å². The second-order valence-electron chi connectivity index (χ2n) is 5.81. The molecule has 0 unspecified atom stereocenters. The van der Waals surface area contributed by atoms with Crippen molar-refractivity contribution in [1.29, 1.82) is 0 Å². The Morgan fingerprint density at radius 3 is 2.08 bits per heavy atom. The van der Waals surface area contributed by atoms with Crippen molar-refractivity contribution in [3.8, 4) is 5.75 Å². The van der Waals surface area contributed by atoms with Crippen molar-refractivity contribution in [3.63, 3.8) is 0 Å². The molecule has 1 amide bonds. The van der Waals surface area contributed by atoms with E-state index in [9.17, 15) is 35.2 Å². The fraction of sp³-hybridized carbons (Fsp3) is 0.462. The highest BCUT2D eigenvalue weighted by Gasteiger charge is 2.49. The zero-order chi connectivity index (χ0) is 19.8. The van der Waals surface area contributed by atoms with Gasteiger partial charge in [-0.05, 0) is 39.3 Å². The van der Waals surface area contributed by atoms with Crippen molar-refractivity contribution < 1.29 is 44.1 Å². The lowest BCUT2D eigenvalue weighted by Crippen LogP contribution is -2.29. The van der Waals surface area contributed by atoms with Crippen molar-refractivity contribution >= 4 is 21.9 Å². The summed E-state index contributed by atoms with van der Waals surface area (Å²) in [6, 6.07) is 0.698. The molecule has 0 saturated carbocycles. The molecular formula is C13H14F5NO5S. The van der Waals surface area contributed by atoms with E-state index in [1.807, 2.05) is 5.32 Å². The van der Waals surface area contributed by atoms with Gasteiger partial charge in [-0.2, -0.15) is 26.0 Å². The SMILES string of the molecule is Cc1cc(NC(=O)OC(C)(C)C)c(F)c(F)c1OS(=O)(=O)C(F)(F)F. The van der Waals surface area contributed by atoms with Crippen LogP contribution in [-0.2, 0) is 14.9 Å². The molecule has 0 aliphatic heterocycles. The number of rotatable bonds is 3. The Hall–Kier alpha value is -2.11. The lowest BCUT2D eigenvalue weighted by molar-refractivity contribution is -0.0501. The minimum atomic E-state index is -6.19. The van der Waals surface area contributed by atoms with E-state index in [1.54, 1.807) is 0 Å². The third-order valence-electron chi connectivity index (χ3n) is 2.46. The van der Waals surface area contributed by atoms with E-state index in [4.69, 9.17) is 4.74 Å². The van der Waals surface area contributed by atoms with Crippen LogP contribution in [0.1, 0.15) is 26.3 Å². The number of aryl methyl sites for hydroxylation is 1. The number of hydrogen-bond acceptors (Lipinski definition) is 5. The van der Waals surface area contributed by atoms with Gasteiger partial charge in [0.25, 0.3) is 0 Å². The lowest BCUT2D eigenvalue weighted by atomic mass is 10.2. The molecule has 0 bridgehead atoms. The number of anilines is 1. The molecular weight excluding hydrogens is 377 g/mol. The van der Waals surface area contributed by atoms with Gasteiger partial charge in [-0.15, -0.1) is 0 Å². The second kappa shape index (κ2) is 6.65. The molecule has 0 fully saturated rings. The molecule has 1 aromatic carbocycles. The third-order valence-corrected chi connectivity index (χ3v) is 3.41. The van der Waals surface area contributed by atoms with Gasteiger partial charge in [-0.25, -0.2) is 9.18 Å². The maximum Gasteiger partial charge on any atom is 0.534 e. The number of benzene rings is 1. The van der Waals surface area contributed by atoms with Crippen molar-refractivity contribution in [2.45, 2.75) is 38.8 Å². The topological polar surface area (TPSA) is 81.7 Å². The standard InChI is InChI=1S/C13H14F5NO5S/c1-6-5-7(19-11(20)23-12(2,3)4)8(14)9(15)10(6)24-25(21,22)13(16,17)18/h5H,1-4H3,(H,19,20). The summed E-state index contributed by atoms with van der Waals surface area (Å²) in [5, 5.41) is 1.87. The van der Waals surface area contributed by atoms with Crippen LogP contribution in [0.3, 0.4) is 0 Å². The summed E-state index contributed by atoms with van der Waals surface area (Å²) in [7, 11) is -6.19. The number of halogens is 5. The first-order valence-corrected chi connectivity index (χ1v) is 7.95. The first kappa shape index (κ1) is 20.9. The summed E-state index contributed by atoms with van der Waals surface area (Å²) in [6.45, 7) is 5.49. The highest BCUT2D eigenvalue weighted by atomic mass is 32.2. The molecule has 0 spiro atoms. The van der Waals surface area contributed by atoms with E-state index >= 15 is 0 Å². The second-order valence-corrected chi connectivity index (χ2v) is 7.35. The molecule has 6 nitrogen and oxygen atoms in total. The number of nitrogens with one attached hydrogen (secondary N) is 1. The van der Waals surface area contributed by atoms with Crippen molar-refractivity contribution in [1.82, 2.24) is 0 Å². The van der Waals surface area contributed by atoms with Crippen LogP contribution in [0.15, 0.2) is 6.07 Å². The predicted octanol–water partition coefficient (Wildman–Crippen LogP) is 3.85. The molecule has 0 radical (unpaired) electrons. The van der Waals surface area contributed by atoms with Crippen molar-refractivity contribution in [3.05, 3.63) is 23.3 Å². The monoisotopic (exact) mass is 391 g/mol. The van der Waals surface area contributed by atoms with E-state index in [0.29, 0.717) is 6.07 Å². The van der Waals surface area contributed by atoms with Gasteiger partial charge < -0.3 is 8.92 Å². The minimum Gasteiger partial charge on any atom is -0.444 e. The van der Waals surface area contributed by atoms with Crippen LogP contribution in [0.2, 0.25) is 0 Å². The number of carbonyl (C=O) groups excluding carboxylic acids is 1. The molecule has 0 saturated heterocycles. The van der Waals surface area contributed by atoms with Gasteiger partial charge in [0.2, 0.25) is 5.82 Å². The van der Waals surface area contributed by atoms with Gasteiger partial charge in [0, 0.05) is 0 Å². The Bertz CT molecular complexity index is 783. The summed E-state index contributed by atoms with van der Waals surface area (Å²) in [5.41, 5.74) is -8.04. The Morgan fingerprint density at radius 1 is 1.12 bits per heavy atom. The molecule has 1 rings (SSSR count). The van der Waals surface area contributed by atoms with Crippen LogP contribution in [0.4, 0.5) is 32.4 Å². The number of amides is 1. The summed E-state index contributed by atoms with van der Waals surface area (Å²) < 4.78 is 95.0. The quantitative estimate of drug-likeness (QED) is 0.481. The van der Waals surface area contributed by atoms with Gasteiger partial charge in [0.15, 0.2) is 11.6 Å². The van der Waals surface area contributed by atoms with E-state index in [0.717, 1.165) is 6.92 Å². The van der Waals surface area contributed by atoms with Crippen LogP contribution in [0.5, 0.6) is 5.75 Å². The van der Waals surface area contributed by atoms with Gasteiger partial charge in [-0.1, -0.05) is 0 Å². The molecule has 0 heterocycles. The Balaban J connectivity index is 3.21. The zero-order valence-electron chi connectivity index (χ0n) is 13.4. The summed E-state index contributed by atoms with van der Waals surface area (Å²) in [5.74, 6) is -5.30. The van der Waals surface area contributed by atoms with Gasteiger partial charge >= 0.3 is 21.7 Å². The molecule has 142 valence electrons. The molecule has 1 aromatic rings. The van der Waals surface area contributed by atoms with Crippen LogP contribution >= 0.6 is 0 Å². The average Bonchev–Trinajstić information content (AvgIpc) is 2.37. The van der Waals surface area contributed by atoms with Gasteiger partial charge in [0.1, 0.15) is 5.60 Å².